The number of ether oxygens (including phenoxy) is 2. The van der Waals surface area contributed by atoms with Gasteiger partial charge in [-0.05, 0) is 49.6 Å². The number of halogens is 1. The van der Waals surface area contributed by atoms with Crippen LogP contribution in [0, 0.1) is 5.92 Å². The van der Waals surface area contributed by atoms with E-state index in [2.05, 4.69) is 0 Å². The number of esters is 1. The molecule has 0 amide bonds. The summed E-state index contributed by atoms with van der Waals surface area (Å²) in [4.78, 5) is 24.2. The molecule has 32 heavy (non-hydrogen) atoms. The van der Waals surface area contributed by atoms with Gasteiger partial charge in [-0.1, -0.05) is 37.9 Å². The molecule has 1 saturated heterocycles. The van der Waals surface area contributed by atoms with Gasteiger partial charge in [0.1, 0.15) is 17.6 Å². The minimum absolute atomic E-state index is 0.0281. The van der Waals surface area contributed by atoms with Crippen LogP contribution in [0.25, 0.3) is 0 Å². The molecular formula is C25H29ClO5S. The largest absolute Gasteiger partial charge is 0.507 e. The Morgan fingerprint density at radius 3 is 2.72 bits per heavy atom. The summed E-state index contributed by atoms with van der Waals surface area (Å²) < 4.78 is 11.3. The molecule has 172 valence electrons. The van der Waals surface area contributed by atoms with Crippen molar-refractivity contribution in [2.45, 2.75) is 57.5 Å². The Balaban J connectivity index is 1.53. The average molecular weight is 477 g/mol. The highest BCUT2D eigenvalue weighted by molar-refractivity contribution is 7.99. The summed E-state index contributed by atoms with van der Waals surface area (Å²) in [6.07, 6.45) is 2.49. The minimum atomic E-state index is -0.226. The predicted molar refractivity (Wildman–Crippen MR) is 127 cm³/mol. The maximum Gasteiger partial charge on any atom is 0.306 e. The lowest BCUT2D eigenvalue weighted by atomic mass is 9.97. The number of carbonyl (C=O) groups is 2. The van der Waals surface area contributed by atoms with Crippen molar-refractivity contribution < 1.29 is 24.2 Å². The van der Waals surface area contributed by atoms with Gasteiger partial charge < -0.3 is 14.6 Å². The van der Waals surface area contributed by atoms with E-state index in [0.717, 1.165) is 29.1 Å². The maximum absolute atomic E-state index is 11.7. The van der Waals surface area contributed by atoms with Gasteiger partial charge in [-0.2, -0.15) is 0 Å². The van der Waals surface area contributed by atoms with Crippen molar-refractivity contribution in [1.82, 2.24) is 0 Å². The fourth-order valence-electron chi connectivity index (χ4n) is 3.84. The first-order valence-corrected chi connectivity index (χ1v) is 12.3. The third kappa shape index (κ3) is 5.78. The molecule has 0 spiro atoms. The number of aromatic hydroxyl groups is 1. The van der Waals surface area contributed by atoms with Gasteiger partial charge in [0, 0.05) is 22.1 Å². The highest BCUT2D eigenvalue weighted by Gasteiger charge is 2.32. The topological polar surface area (TPSA) is 72.8 Å². The van der Waals surface area contributed by atoms with Crippen LogP contribution in [0.3, 0.4) is 0 Å². The summed E-state index contributed by atoms with van der Waals surface area (Å²) in [7, 11) is 0. The van der Waals surface area contributed by atoms with Crippen molar-refractivity contribution in [3.05, 3.63) is 52.0 Å². The molecule has 0 bridgehead atoms. The Labute approximate surface area is 198 Å². The van der Waals surface area contributed by atoms with Crippen LogP contribution in [0.4, 0.5) is 0 Å². The zero-order valence-corrected chi connectivity index (χ0v) is 20.2. The first-order chi connectivity index (χ1) is 15.3. The monoisotopic (exact) mass is 476 g/mol. The molecule has 0 aliphatic carbocycles. The second kappa shape index (κ2) is 11.1. The highest BCUT2D eigenvalue weighted by Crippen LogP contribution is 2.38. The van der Waals surface area contributed by atoms with Crippen LogP contribution in [0.15, 0.2) is 35.2 Å². The fraction of sp³-hybridized carbons (Fsp3) is 0.440. The standard InChI is InChI=1S/C25H29ClO5S/c1-4-6-19-21(9-8-18(16(3)27)24(19)29)30-11-5-12-32-22-10-7-17(14-20(22)26)25-15(2)13-23(28)31-25/h7-10,14-15,25,29H,4-6,11-13H2,1-3H3. The molecule has 1 N–H and O–H groups in total. The molecular weight excluding hydrogens is 448 g/mol. The van der Waals surface area contributed by atoms with Crippen LogP contribution < -0.4 is 4.74 Å². The first-order valence-electron chi connectivity index (χ1n) is 10.9. The fourth-order valence-corrected chi connectivity index (χ4v) is 5.03. The molecule has 2 unspecified atom stereocenters. The molecule has 1 heterocycles. The Hall–Kier alpha value is -2.18. The van der Waals surface area contributed by atoms with Crippen LogP contribution in [0.2, 0.25) is 5.02 Å². The number of hydrogen-bond donors (Lipinski definition) is 1. The van der Waals surface area contributed by atoms with Crippen LogP contribution in [0.1, 0.15) is 67.6 Å². The molecule has 1 aliphatic rings. The second-order valence-electron chi connectivity index (χ2n) is 8.08. The molecule has 2 aromatic carbocycles. The number of thioether (sulfide) groups is 1. The lowest BCUT2D eigenvalue weighted by molar-refractivity contribution is -0.141. The summed E-state index contributed by atoms with van der Waals surface area (Å²) >= 11 is 8.11. The zero-order chi connectivity index (χ0) is 23.3. The van der Waals surface area contributed by atoms with Crippen molar-refractivity contribution in [3.8, 4) is 11.5 Å². The number of ketones is 1. The van der Waals surface area contributed by atoms with Crippen LogP contribution in [0.5, 0.6) is 11.5 Å². The van der Waals surface area contributed by atoms with Crippen molar-refractivity contribution in [1.29, 1.82) is 0 Å². The predicted octanol–water partition coefficient (Wildman–Crippen LogP) is 6.39. The molecule has 2 aromatic rings. The molecule has 3 rings (SSSR count). The van der Waals surface area contributed by atoms with Crippen LogP contribution in [-0.4, -0.2) is 29.2 Å². The number of carbonyl (C=O) groups excluding carboxylic acids is 2. The number of phenolic OH excluding ortho intramolecular Hbond substituents is 1. The molecule has 2 atom stereocenters. The van der Waals surface area contributed by atoms with Crippen molar-refractivity contribution in [3.63, 3.8) is 0 Å². The average Bonchev–Trinajstić information content (AvgIpc) is 3.08. The Morgan fingerprint density at radius 1 is 1.31 bits per heavy atom. The van der Waals surface area contributed by atoms with E-state index < -0.39 is 0 Å². The number of rotatable bonds is 10. The van der Waals surface area contributed by atoms with E-state index in [9.17, 15) is 14.7 Å². The lowest BCUT2D eigenvalue weighted by Gasteiger charge is -2.16. The van der Waals surface area contributed by atoms with E-state index in [1.165, 1.54) is 6.92 Å². The van der Waals surface area contributed by atoms with E-state index in [0.29, 0.717) is 41.3 Å². The summed E-state index contributed by atoms with van der Waals surface area (Å²) in [6, 6.07) is 9.21. The Morgan fingerprint density at radius 2 is 2.09 bits per heavy atom. The van der Waals surface area contributed by atoms with E-state index >= 15 is 0 Å². The molecule has 1 fully saturated rings. The maximum atomic E-state index is 11.7. The highest BCUT2D eigenvalue weighted by atomic mass is 35.5. The van der Waals surface area contributed by atoms with Crippen molar-refractivity contribution in [2.75, 3.05) is 12.4 Å². The number of benzene rings is 2. The van der Waals surface area contributed by atoms with Gasteiger partial charge >= 0.3 is 5.97 Å². The van der Waals surface area contributed by atoms with E-state index in [-0.39, 0.29) is 29.5 Å². The van der Waals surface area contributed by atoms with E-state index in [1.54, 1.807) is 23.9 Å². The number of hydrogen-bond acceptors (Lipinski definition) is 6. The molecule has 0 radical (unpaired) electrons. The smallest absolute Gasteiger partial charge is 0.306 e. The van der Waals surface area contributed by atoms with E-state index in [4.69, 9.17) is 21.1 Å². The third-order valence-electron chi connectivity index (χ3n) is 5.47. The number of cyclic esters (lactones) is 1. The van der Waals surface area contributed by atoms with Gasteiger partial charge in [-0.25, -0.2) is 0 Å². The molecule has 5 nitrogen and oxygen atoms in total. The quantitative estimate of drug-likeness (QED) is 0.185. The summed E-state index contributed by atoms with van der Waals surface area (Å²) in [5.41, 5.74) is 1.95. The Kier molecular flexibility index (Phi) is 8.49. The van der Waals surface area contributed by atoms with E-state index in [1.807, 2.05) is 32.0 Å². The lowest BCUT2D eigenvalue weighted by Crippen LogP contribution is -2.04. The summed E-state index contributed by atoms with van der Waals surface area (Å²) in [6.45, 7) is 5.97. The van der Waals surface area contributed by atoms with Gasteiger partial charge in [-0.3, -0.25) is 9.59 Å². The first kappa shape index (κ1) is 24.5. The third-order valence-corrected chi connectivity index (χ3v) is 7.06. The second-order valence-corrected chi connectivity index (χ2v) is 9.62. The van der Waals surface area contributed by atoms with Gasteiger partial charge in [0.25, 0.3) is 0 Å². The molecule has 7 heteroatoms. The number of phenols is 1. The minimum Gasteiger partial charge on any atom is -0.507 e. The number of Topliss-reactive ketones (excluding diaryl/α,β-unsaturated/α-hetero) is 1. The Bertz CT molecular complexity index is 991. The van der Waals surface area contributed by atoms with Gasteiger partial charge in [0.15, 0.2) is 5.78 Å². The van der Waals surface area contributed by atoms with Crippen LogP contribution in [-0.2, 0) is 16.0 Å². The molecule has 0 aromatic heterocycles. The normalized spacial score (nSPS) is 17.9. The summed E-state index contributed by atoms with van der Waals surface area (Å²) in [5.74, 6) is 1.29. The van der Waals surface area contributed by atoms with Gasteiger partial charge in [-0.15, -0.1) is 11.8 Å². The molecule has 1 aliphatic heterocycles. The van der Waals surface area contributed by atoms with Crippen molar-refractivity contribution >= 4 is 35.1 Å². The van der Waals surface area contributed by atoms with Crippen molar-refractivity contribution in [2.24, 2.45) is 5.92 Å². The van der Waals surface area contributed by atoms with Gasteiger partial charge in [0.2, 0.25) is 0 Å². The SMILES string of the molecule is CCCc1c(OCCCSc2ccc(C3OC(=O)CC3C)cc2Cl)ccc(C(C)=O)c1O. The van der Waals surface area contributed by atoms with Crippen LogP contribution >= 0.6 is 23.4 Å². The molecule has 0 saturated carbocycles. The summed E-state index contributed by atoms with van der Waals surface area (Å²) in [5, 5.41) is 11.1. The zero-order valence-electron chi connectivity index (χ0n) is 18.7. The van der Waals surface area contributed by atoms with Gasteiger partial charge in [0.05, 0.1) is 23.6 Å².